The first-order chi connectivity index (χ1) is 12.4. The van der Waals surface area contributed by atoms with Crippen LogP contribution in [0, 0.1) is 6.92 Å². The Hall–Kier alpha value is -1.65. The van der Waals surface area contributed by atoms with Crippen LogP contribution in [0.1, 0.15) is 23.0 Å². The highest BCUT2D eigenvalue weighted by atomic mass is 35.5. The minimum Gasteiger partial charge on any atom is -0.460 e. The van der Waals surface area contributed by atoms with Gasteiger partial charge in [-0.25, -0.2) is 13.2 Å². The molecule has 0 amide bonds. The van der Waals surface area contributed by atoms with Gasteiger partial charge in [-0.15, -0.1) is 12.4 Å². The second-order valence-electron chi connectivity index (χ2n) is 6.03. The molecule has 1 aromatic carbocycles. The Bertz CT molecular complexity index is 927. The molecule has 1 fully saturated rings. The quantitative estimate of drug-likeness (QED) is 0.735. The second kappa shape index (κ2) is 8.57. The second-order valence-corrected chi connectivity index (χ2v) is 7.96. The molecule has 10 heteroatoms. The number of hydrogen-bond acceptors (Lipinski definition) is 7. The lowest BCUT2D eigenvalue weighted by Gasteiger charge is -2.31. The number of aryl methyl sites for hydroxylation is 1. The third kappa shape index (κ3) is 4.12. The Morgan fingerprint density at radius 1 is 1.41 bits per heavy atom. The molecular formula is C17H23ClN2O6S. The lowest BCUT2D eigenvalue weighted by molar-refractivity contribution is 0.00451. The van der Waals surface area contributed by atoms with E-state index in [9.17, 15) is 13.2 Å². The highest BCUT2D eigenvalue weighted by molar-refractivity contribution is 7.89. The first kappa shape index (κ1) is 21.6. The fourth-order valence-electron chi connectivity index (χ4n) is 2.95. The number of carbonyl (C=O) groups is 1. The molecule has 0 spiro atoms. The van der Waals surface area contributed by atoms with E-state index in [0.29, 0.717) is 23.1 Å². The zero-order chi connectivity index (χ0) is 18.9. The number of rotatable bonds is 5. The maximum absolute atomic E-state index is 13.0. The summed E-state index contributed by atoms with van der Waals surface area (Å²) in [5.41, 5.74) is 6.58. The van der Waals surface area contributed by atoms with Gasteiger partial charge in [0.05, 0.1) is 24.2 Å². The minimum absolute atomic E-state index is 0. The van der Waals surface area contributed by atoms with Crippen LogP contribution in [0.4, 0.5) is 0 Å². The van der Waals surface area contributed by atoms with Crippen molar-refractivity contribution in [3.63, 3.8) is 0 Å². The lowest BCUT2D eigenvalue weighted by Crippen LogP contribution is -2.48. The van der Waals surface area contributed by atoms with Crippen LogP contribution >= 0.6 is 12.4 Å². The summed E-state index contributed by atoms with van der Waals surface area (Å²) in [7, 11) is -3.69. The summed E-state index contributed by atoms with van der Waals surface area (Å²) in [5.74, 6) is -0.476. The Labute approximate surface area is 164 Å². The Morgan fingerprint density at radius 2 is 2.15 bits per heavy atom. The predicted octanol–water partition coefficient (Wildman–Crippen LogP) is 1.69. The van der Waals surface area contributed by atoms with E-state index in [2.05, 4.69) is 0 Å². The largest absolute Gasteiger partial charge is 0.460 e. The van der Waals surface area contributed by atoms with Gasteiger partial charge in [0.25, 0.3) is 0 Å². The summed E-state index contributed by atoms with van der Waals surface area (Å²) in [4.78, 5) is 12.1. The number of hydrogen-bond donors (Lipinski definition) is 1. The molecule has 2 heterocycles. The molecular weight excluding hydrogens is 396 g/mol. The average molecular weight is 419 g/mol. The van der Waals surface area contributed by atoms with E-state index in [1.807, 2.05) is 0 Å². The molecule has 27 heavy (non-hydrogen) atoms. The zero-order valence-electron chi connectivity index (χ0n) is 15.1. The van der Waals surface area contributed by atoms with Crippen LogP contribution in [0.5, 0.6) is 0 Å². The summed E-state index contributed by atoms with van der Waals surface area (Å²) >= 11 is 0. The van der Waals surface area contributed by atoms with E-state index in [-0.39, 0.29) is 55.4 Å². The topological polar surface area (TPSA) is 112 Å². The summed E-state index contributed by atoms with van der Waals surface area (Å²) in [5, 5.41) is 0.567. The van der Waals surface area contributed by atoms with Crippen molar-refractivity contribution in [1.29, 1.82) is 0 Å². The van der Waals surface area contributed by atoms with Crippen LogP contribution in [-0.4, -0.2) is 57.6 Å². The molecule has 8 nitrogen and oxygen atoms in total. The highest BCUT2D eigenvalue weighted by Crippen LogP contribution is 2.29. The van der Waals surface area contributed by atoms with E-state index < -0.39 is 16.0 Å². The van der Waals surface area contributed by atoms with Crippen molar-refractivity contribution >= 4 is 39.4 Å². The molecule has 2 N–H and O–H groups in total. The van der Waals surface area contributed by atoms with E-state index in [0.717, 1.165) is 0 Å². The summed E-state index contributed by atoms with van der Waals surface area (Å²) in [6.07, 6.45) is -0.312. The summed E-state index contributed by atoms with van der Waals surface area (Å²) < 4.78 is 43.2. The van der Waals surface area contributed by atoms with E-state index >= 15 is 0 Å². The maximum Gasteiger partial charge on any atom is 0.374 e. The van der Waals surface area contributed by atoms with Crippen LogP contribution < -0.4 is 5.73 Å². The smallest absolute Gasteiger partial charge is 0.374 e. The number of nitrogens with zero attached hydrogens (tertiary/aromatic N) is 1. The van der Waals surface area contributed by atoms with Crippen molar-refractivity contribution < 1.29 is 27.1 Å². The maximum atomic E-state index is 13.0. The van der Waals surface area contributed by atoms with Crippen LogP contribution in [-0.2, 0) is 19.5 Å². The number of ether oxygens (including phenoxy) is 2. The summed E-state index contributed by atoms with van der Waals surface area (Å²) in [6.45, 7) is 4.69. The molecule has 0 aliphatic carbocycles. The number of carbonyl (C=O) groups excluding carboxylic acids is 1. The Kier molecular flexibility index (Phi) is 6.87. The van der Waals surface area contributed by atoms with E-state index in [4.69, 9.17) is 19.6 Å². The number of furan rings is 1. The number of nitrogens with two attached hydrogens (primary N) is 1. The molecule has 3 rings (SSSR count). The van der Waals surface area contributed by atoms with E-state index in [1.165, 1.54) is 16.4 Å². The van der Waals surface area contributed by atoms with Crippen molar-refractivity contribution in [3.05, 3.63) is 29.5 Å². The molecule has 0 saturated carbocycles. The average Bonchev–Trinajstić information content (AvgIpc) is 2.98. The van der Waals surface area contributed by atoms with Gasteiger partial charge in [-0.1, -0.05) is 0 Å². The molecule has 1 saturated heterocycles. The van der Waals surface area contributed by atoms with Gasteiger partial charge >= 0.3 is 5.97 Å². The number of esters is 1. The molecule has 1 atom stereocenters. The fraction of sp³-hybridized carbons (Fsp3) is 0.471. The highest BCUT2D eigenvalue weighted by Gasteiger charge is 2.31. The predicted molar refractivity (Wildman–Crippen MR) is 102 cm³/mol. The first-order valence-electron chi connectivity index (χ1n) is 8.40. The standard InChI is InChI=1S/C17H22N2O6S.ClH/c1-3-23-17(20)16-11(2)14-8-13(4-5-15(14)25-16)26(21,22)19-6-7-24-12(9-18)10-19;/h4-5,8,12H,3,6-7,9-10,18H2,1-2H3;1H. The van der Waals surface area contributed by atoms with Gasteiger partial charge in [0.1, 0.15) is 5.58 Å². The van der Waals surface area contributed by atoms with Crippen molar-refractivity contribution in [2.75, 3.05) is 32.8 Å². The van der Waals surface area contributed by atoms with Crippen molar-refractivity contribution in [1.82, 2.24) is 4.31 Å². The third-order valence-corrected chi connectivity index (χ3v) is 6.23. The van der Waals surface area contributed by atoms with Crippen molar-refractivity contribution in [3.8, 4) is 0 Å². The molecule has 0 radical (unpaired) electrons. The SMILES string of the molecule is CCOC(=O)c1oc2ccc(S(=O)(=O)N3CCOC(CN)C3)cc2c1C.Cl. The molecule has 2 aromatic rings. The van der Waals surface area contributed by atoms with Crippen LogP contribution in [0.25, 0.3) is 11.0 Å². The van der Waals surface area contributed by atoms with Crippen LogP contribution in [0.15, 0.2) is 27.5 Å². The Morgan fingerprint density at radius 3 is 2.81 bits per heavy atom. The van der Waals surface area contributed by atoms with Crippen molar-refractivity contribution in [2.45, 2.75) is 24.8 Å². The van der Waals surface area contributed by atoms with Gasteiger partial charge < -0.3 is 19.6 Å². The van der Waals surface area contributed by atoms with E-state index in [1.54, 1.807) is 19.9 Å². The molecule has 1 aliphatic rings. The monoisotopic (exact) mass is 418 g/mol. The van der Waals surface area contributed by atoms with Gasteiger partial charge in [-0.05, 0) is 32.0 Å². The van der Waals surface area contributed by atoms with Gasteiger partial charge in [0.15, 0.2) is 0 Å². The molecule has 150 valence electrons. The van der Waals surface area contributed by atoms with Gasteiger partial charge in [0, 0.05) is 30.6 Å². The van der Waals surface area contributed by atoms with Crippen LogP contribution in [0.3, 0.4) is 0 Å². The summed E-state index contributed by atoms with van der Waals surface area (Å²) in [6, 6.07) is 4.56. The number of halogens is 1. The molecule has 1 aromatic heterocycles. The molecule has 0 bridgehead atoms. The zero-order valence-corrected chi connectivity index (χ0v) is 16.8. The van der Waals surface area contributed by atoms with Crippen LogP contribution in [0.2, 0.25) is 0 Å². The number of morpholine rings is 1. The van der Waals surface area contributed by atoms with Gasteiger partial charge in [0.2, 0.25) is 15.8 Å². The normalized spacial score (nSPS) is 18.3. The van der Waals surface area contributed by atoms with Crippen molar-refractivity contribution in [2.24, 2.45) is 5.73 Å². The van der Waals surface area contributed by atoms with Gasteiger partial charge in [-0.3, -0.25) is 0 Å². The minimum atomic E-state index is -3.69. The number of benzene rings is 1. The first-order valence-corrected chi connectivity index (χ1v) is 9.84. The number of fused-ring (bicyclic) bond motifs is 1. The molecule has 1 unspecified atom stereocenters. The third-order valence-electron chi connectivity index (χ3n) is 4.37. The lowest BCUT2D eigenvalue weighted by atomic mass is 10.1. The number of sulfonamides is 1. The van der Waals surface area contributed by atoms with Gasteiger partial charge in [-0.2, -0.15) is 4.31 Å². The Balaban J connectivity index is 0.00000261. The molecule has 1 aliphatic heterocycles. The fourth-order valence-corrected chi connectivity index (χ4v) is 4.44.